The molecule has 1 aromatic carbocycles. The first-order chi connectivity index (χ1) is 12.8. The number of hydrogen-bond acceptors (Lipinski definition) is 4. The third-order valence-electron chi connectivity index (χ3n) is 4.46. The van der Waals surface area contributed by atoms with Crippen LogP contribution in [-0.2, 0) is 11.0 Å². The fraction of sp³-hybridized carbons (Fsp3) is 0.222. The average Bonchev–Trinajstić information content (AvgIpc) is 2.98. The lowest BCUT2D eigenvalue weighted by Crippen LogP contribution is -2.25. The first-order valence-electron chi connectivity index (χ1n) is 8.18. The molecule has 0 bridgehead atoms. The van der Waals surface area contributed by atoms with Crippen LogP contribution in [0, 0.1) is 6.92 Å². The van der Waals surface area contributed by atoms with E-state index in [4.69, 9.17) is 0 Å². The Labute approximate surface area is 152 Å². The molecule has 9 heteroatoms. The van der Waals surface area contributed by atoms with Gasteiger partial charge in [0.2, 0.25) is 5.91 Å². The summed E-state index contributed by atoms with van der Waals surface area (Å²) in [7, 11) is 0. The van der Waals surface area contributed by atoms with Crippen molar-refractivity contribution in [2.24, 2.45) is 0 Å². The zero-order chi connectivity index (χ0) is 19.2. The van der Waals surface area contributed by atoms with E-state index in [1.54, 1.807) is 31.5 Å². The molecule has 4 rings (SSSR count). The lowest BCUT2D eigenvalue weighted by Gasteiger charge is -2.24. The Balaban J connectivity index is 1.85. The number of aromatic nitrogens is 4. The highest BCUT2D eigenvalue weighted by Gasteiger charge is 2.35. The van der Waals surface area contributed by atoms with Gasteiger partial charge in [-0.2, -0.15) is 23.0 Å². The van der Waals surface area contributed by atoms with Crippen molar-refractivity contribution in [2.75, 3.05) is 5.32 Å². The van der Waals surface area contributed by atoms with Crippen molar-refractivity contribution in [1.82, 2.24) is 19.7 Å². The maximum Gasteiger partial charge on any atom is 0.416 e. The summed E-state index contributed by atoms with van der Waals surface area (Å²) in [6.07, 6.45) is -1.33. The van der Waals surface area contributed by atoms with Crippen LogP contribution in [0.25, 0.3) is 5.95 Å². The van der Waals surface area contributed by atoms with Crippen molar-refractivity contribution in [3.05, 3.63) is 65.1 Å². The molecule has 27 heavy (non-hydrogen) atoms. The highest BCUT2D eigenvalue weighted by Crippen LogP contribution is 2.41. The van der Waals surface area contributed by atoms with Crippen LogP contribution in [0.15, 0.2) is 42.7 Å². The monoisotopic (exact) mass is 373 g/mol. The van der Waals surface area contributed by atoms with E-state index in [2.05, 4.69) is 20.4 Å². The molecule has 1 aliphatic rings. The third kappa shape index (κ3) is 3.05. The summed E-state index contributed by atoms with van der Waals surface area (Å²) < 4.78 is 40.7. The van der Waals surface area contributed by atoms with Gasteiger partial charge in [0.15, 0.2) is 0 Å². The molecule has 2 aromatic heterocycles. The van der Waals surface area contributed by atoms with Crippen LogP contribution in [0.1, 0.15) is 34.7 Å². The number of nitrogens with one attached hydrogen (secondary N) is 1. The Morgan fingerprint density at radius 2 is 1.93 bits per heavy atom. The topological polar surface area (TPSA) is 72.7 Å². The van der Waals surface area contributed by atoms with E-state index in [1.807, 2.05) is 0 Å². The molecule has 6 nitrogen and oxygen atoms in total. The molecule has 0 saturated carbocycles. The molecule has 0 radical (unpaired) electrons. The molecular weight excluding hydrogens is 359 g/mol. The van der Waals surface area contributed by atoms with Crippen LogP contribution in [0.5, 0.6) is 0 Å². The Morgan fingerprint density at radius 1 is 1.19 bits per heavy atom. The molecule has 1 amide bonds. The summed E-state index contributed by atoms with van der Waals surface area (Å²) in [5.41, 5.74) is 0.933. The molecule has 0 aliphatic carbocycles. The van der Waals surface area contributed by atoms with Gasteiger partial charge in [0.05, 0.1) is 11.3 Å². The minimum Gasteiger partial charge on any atom is -0.310 e. The van der Waals surface area contributed by atoms with Crippen LogP contribution >= 0.6 is 0 Å². The van der Waals surface area contributed by atoms with Crippen molar-refractivity contribution in [3.8, 4) is 5.95 Å². The van der Waals surface area contributed by atoms with Crippen LogP contribution in [0.3, 0.4) is 0 Å². The van der Waals surface area contributed by atoms with Crippen LogP contribution in [0.2, 0.25) is 0 Å². The van der Waals surface area contributed by atoms with Gasteiger partial charge in [-0.15, -0.1) is 0 Å². The van der Waals surface area contributed by atoms with Gasteiger partial charge in [-0.25, -0.2) is 9.97 Å². The number of hydrogen-bond donors (Lipinski definition) is 1. The lowest BCUT2D eigenvalue weighted by molar-refractivity contribution is -0.137. The summed E-state index contributed by atoms with van der Waals surface area (Å²) in [4.78, 5) is 20.5. The number of halogens is 3. The molecule has 138 valence electrons. The first-order valence-corrected chi connectivity index (χ1v) is 8.18. The van der Waals surface area contributed by atoms with Crippen molar-refractivity contribution >= 4 is 11.7 Å². The van der Waals surface area contributed by atoms with E-state index in [0.29, 0.717) is 22.6 Å². The second kappa shape index (κ2) is 6.19. The third-order valence-corrected chi connectivity index (χ3v) is 4.46. The molecule has 0 saturated heterocycles. The first kappa shape index (κ1) is 17.2. The number of anilines is 1. The quantitative estimate of drug-likeness (QED) is 0.747. The molecule has 1 N–H and O–H groups in total. The molecule has 0 fully saturated rings. The molecule has 0 unspecified atom stereocenters. The van der Waals surface area contributed by atoms with Gasteiger partial charge < -0.3 is 5.32 Å². The lowest BCUT2D eigenvalue weighted by atomic mass is 9.85. The maximum atomic E-state index is 13.1. The Morgan fingerprint density at radius 3 is 2.63 bits per heavy atom. The number of carbonyl (C=O) groups is 1. The number of benzene rings is 1. The normalized spacial score (nSPS) is 16.7. The average molecular weight is 373 g/mol. The van der Waals surface area contributed by atoms with E-state index in [-0.39, 0.29) is 18.3 Å². The fourth-order valence-electron chi connectivity index (χ4n) is 3.31. The van der Waals surface area contributed by atoms with Gasteiger partial charge >= 0.3 is 6.18 Å². The van der Waals surface area contributed by atoms with Gasteiger partial charge in [0.1, 0.15) is 5.82 Å². The van der Waals surface area contributed by atoms with Crippen LogP contribution < -0.4 is 5.32 Å². The maximum absolute atomic E-state index is 13.1. The summed E-state index contributed by atoms with van der Waals surface area (Å²) in [5.74, 6) is -0.181. The van der Waals surface area contributed by atoms with Gasteiger partial charge in [-0.1, -0.05) is 18.2 Å². The SMILES string of the molecule is Cc1nn(-c2ncccn2)c2c1[C@H](c1cccc(C(F)(F)F)c1)CC(=O)N2. The molecule has 1 aliphatic heterocycles. The number of alkyl halides is 3. The number of nitrogens with zero attached hydrogens (tertiary/aromatic N) is 4. The van der Waals surface area contributed by atoms with Crippen LogP contribution in [-0.4, -0.2) is 25.7 Å². The van der Waals surface area contributed by atoms with Gasteiger partial charge in [0.25, 0.3) is 5.95 Å². The largest absolute Gasteiger partial charge is 0.416 e. The number of amides is 1. The molecule has 3 heterocycles. The van der Waals surface area contributed by atoms with Crippen LogP contribution in [0.4, 0.5) is 19.0 Å². The van der Waals surface area contributed by atoms with E-state index >= 15 is 0 Å². The predicted octanol–water partition coefficient (Wildman–Crippen LogP) is 3.46. The highest BCUT2D eigenvalue weighted by molar-refractivity contribution is 5.95. The summed E-state index contributed by atoms with van der Waals surface area (Å²) in [6, 6.07) is 6.70. The number of rotatable bonds is 2. The Bertz CT molecular complexity index is 1010. The van der Waals surface area contributed by atoms with E-state index in [0.717, 1.165) is 12.1 Å². The summed E-state index contributed by atoms with van der Waals surface area (Å²) in [6.45, 7) is 1.75. The fourth-order valence-corrected chi connectivity index (χ4v) is 3.31. The summed E-state index contributed by atoms with van der Waals surface area (Å²) >= 11 is 0. The van der Waals surface area contributed by atoms with Crippen molar-refractivity contribution in [1.29, 1.82) is 0 Å². The zero-order valence-electron chi connectivity index (χ0n) is 14.2. The van der Waals surface area contributed by atoms with E-state index in [1.165, 1.54) is 10.7 Å². The van der Waals surface area contributed by atoms with E-state index < -0.39 is 17.7 Å². The Hall–Kier alpha value is -3.23. The second-order valence-corrected chi connectivity index (χ2v) is 6.24. The van der Waals surface area contributed by atoms with Crippen molar-refractivity contribution in [3.63, 3.8) is 0 Å². The number of aryl methyl sites for hydroxylation is 1. The molecule has 0 spiro atoms. The smallest absolute Gasteiger partial charge is 0.310 e. The minimum absolute atomic E-state index is 0.0382. The van der Waals surface area contributed by atoms with E-state index in [9.17, 15) is 18.0 Å². The number of fused-ring (bicyclic) bond motifs is 1. The second-order valence-electron chi connectivity index (χ2n) is 6.24. The zero-order valence-corrected chi connectivity index (χ0v) is 14.2. The standard InChI is InChI=1S/C18H14F3N5O/c1-10-15-13(11-4-2-5-12(8-11)18(19,20)21)9-14(27)24-16(15)26(25-10)17-22-6-3-7-23-17/h2-8,13H,9H2,1H3,(H,24,27)/t13-/m0/s1. The minimum atomic E-state index is -4.45. The molecule has 1 atom stereocenters. The van der Waals surface area contributed by atoms with Gasteiger partial charge in [0, 0.05) is 30.3 Å². The highest BCUT2D eigenvalue weighted by atomic mass is 19.4. The van der Waals surface area contributed by atoms with Crippen molar-refractivity contribution < 1.29 is 18.0 Å². The summed E-state index contributed by atoms with van der Waals surface area (Å²) in [5, 5.41) is 7.15. The van der Waals surface area contributed by atoms with Gasteiger partial charge in [-0.05, 0) is 24.6 Å². The van der Waals surface area contributed by atoms with Gasteiger partial charge in [-0.3, -0.25) is 4.79 Å². The predicted molar refractivity (Wildman–Crippen MR) is 90.4 cm³/mol. The number of carbonyl (C=O) groups excluding carboxylic acids is 1. The Kier molecular flexibility index (Phi) is 3.94. The molecular formula is C18H14F3N5O. The molecule has 3 aromatic rings. The van der Waals surface area contributed by atoms with Crippen molar-refractivity contribution in [2.45, 2.75) is 25.4 Å².